The van der Waals surface area contributed by atoms with Crippen LogP contribution in [0.5, 0.6) is 0 Å². The van der Waals surface area contributed by atoms with Crippen LogP contribution in [0.2, 0.25) is 0 Å². The van der Waals surface area contributed by atoms with E-state index in [0.29, 0.717) is 5.56 Å². The Morgan fingerprint density at radius 1 is 0.800 bits per heavy atom. The van der Waals surface area contributed by atoms with Gasteiger partial charge in [-0.05, 0) is 17.1 Å². The smallest absolute Gasteiger partial charge is 0.195 e. The third kappa shape index (κ3) is 1.90. The van der Waals surface area contributed by atoms with Crippen LogP contribution in [-0.4, -0.2) is 20.3 Å². The van der Waals surface area contributed by atoms with Gasteiger partial charge in [-0.1, -0.05) is 36.4 Å². The van der Waals surface area contributed by atoms with Crippen LogP contribution >= 0.6 is 0 Å². The van der Waals surface area contributed by atoms with Gasteiger partial charge >= 0.3 is 0 Å². The molecule has 1 aliphatic carbocycles. The van der Waals surface area contributed by atoms with Crippen molar-refractivity contribution in [3.05, 3.63) is 64.7 Å². The second-order valence-corrected chi connectivity index (χ2v) is 5.03. The van der Waals surface area contributed by atoms with Gasteiger partial charge in [-0.2, -0.15) is 0 Å². The SMILES string of the molecule is O=C1c2ccccc2C(=O)c2c1cccc2S(=O)[O-].[NH4+]. The van der Waals surface area contributed by atoms with Crippen molar-refractivity contribution in [1.82, 2.24) is 6.15 Å². The predicted octanol–water partition coefficient (Wildman–Crippen LogP) is 2.08. The maximum atomic E-state index is 12.4. The number of quaternary nitrogens is 1. The minimum atomic E-state index is -2.55. The van der Waals surface area contributed by atoms with E-state index in [2.05, 4.69) is 0 Å². The van der Waals surface area contributed by atoms with Crippen LogP contribution in [0.3, 0.4) is 0 Å². The highest BCUT2D eigenvalue weighted by atomic mass is 32.2. The fourth-order valence-electron chi connectivity index (χ4n) is 2.25. The zero-order chi connectivity index (χ0) is 13.6. The molecule has 1 atom stereocenters. The number of hydrogen-bond donors (Lipinski definition) is 1. The predicted molar refractivity (Wildman–Crippen MR) is 72.9 cm³/mol. The molecule has 1 aliphatic rings. The zero-order valence-corrected chi connectivity index (χ0v) is 11.4. The molecular formula is C14H11NO4S. The van der Waals surface area contributed by atoms with E-state index < -0.39 is 16.9 Å². The first-order valence-electron chi connectivity index (χ1n) is 5.52. The highest BCUT2D eigenvalue weighted by Crippen LogP contribution is 2.30. The zero-order valence-electron chi connectivity index (χ0n) is 10.6. The lowest BCUT2D eigenvalue weighted by Gasteiger charge is -2.20. The van der Waals surface area contributed by atoms with Crippen molar-refractivity contribution in [1.29, 1.82) is 0 Å². The van der Waals surface area contributed by atoms with Gasteiger partial charge in [0.1, 0.15) is 0 Å². The second-order valence-electron chi connectivity index (χ2n) is 4.12. The number of rotatable bonds is 1. The highest BCUT2D eigenvalue weighted by molar-refractivity contribution is 7.79. The average molecular weight is 289 g/mol. The second kappa shape index (κ2) is 5.09. The van der Waals surface area contributed by atoms with Gasteiger partial charge in [-0.3, -0.25) is 13.8 Å². The molecule has 1 unspecified atom stereocenters. The molecule has 0 saturated heterocycles. The van der Waals surface area contributed by atoms with Gasteiger partial charge in [-0.15, -0.1) is 0 Å². The molecule has 102 valence electrons. The van der Waals surface area contributed by atoms with Crippen LogP contribution < -0.4 is 6.15 Å². The standard InChI is InChI=1S/C14H8O4S.H3N/c15-13-8-4-1-2-5-9(8)14(16)12-10(13)6-3-7-11(12)19(17)18;/h1-7H,(H,17,18);1H3. The summed E-state index contributed by atoms with van der Waals surface area (Å²) in [5.41, 5.74) is 0.677. The number of benzene rings is 2. The minimum absolute atomic E-state index is 0. The molecular weight excluding hydrogens is 278 g/mol. The summed E-state index contributed by atoms with van der Waals surface area (Å²) in [4.78, 5) is 24.5. The lowest BCUT2D eigenvalue weighted by atomic mass is 9.84. The van der Waals surface area contributed by atoms with Crippen molar-refractivity contribution in [3.63, 3.8) is 0 Å². The highest BCUT2D eigenvalue weighted by Gasteiger charge is 2.31. The minimum Gasteiger partial charge on any atom is -0.768 e. The fourth-order valence-corrected chi connectivity index (χ4v) is 2.81. The number of ketones is 2. The summed E-state index contributed by atoms with van der Waals surface area (Å²) in [6.07, 6.45) is 0. The summed E-state index contributed by atoms with van der Waals surface area (Å²) in [6, 6.07) is 10.7. The molecule has 2 aromatic rings. The third-order valence-corrected chi connectivity index (χ3v) is 3.79. The van der Waals surface area contributed by atoms with Crippen LogP contribution in [-0.2, 0) is 11.1 Å². The van der Waals surface area contributed by atoms with Crippen LogP contribution in [0.1, 0.15) is 31.8 Å². The largest absolute Gasteiger partial charge is 0.768 e. The molecule has 4 N–H and O–H groups in total. The molecule has 6 heteroatoms. The number of fused-ring (bicyclic) bond motifs is 2. The summed E-state index contributed by atoms with van der Waals surface area (Å²) < 4.78 is 22.3. The van der Waals surface area contributed by atoms with E-state index in [4.69, 9.17) is 0 Å². The van der Waals surface area contributed by atoms with Gasteiger partial charge < -0.3 is 10.7 Å². The lowest BCUT2D eigenvalue weighted by Crippen LogP contribution is -2.22. The van der Waals surface area contributed by atoms with E-state index in [1.54, 1.807) is 18.2 Å². The molecule has 20 heavy (non-hydrogen) atoms. The maximum absolute atomic E-state index is 12.4. The van der Waals surface area contributed by atoms with Crippen molar-refractivity contribution in [2.45, 2.75) is 4.90 Å². The molecule has 0 saturated carbocycles. The Kier molecular flexibility index (Phi) is 3.63. The molecule has 2 aromatic carbocycles. The molecule has 0 radical (unpaired) electrons. The van der Waals surface area contributed by atoms with Gasteiger partial charge in [-0.25, -0.2) is 0 Å². The Bertz CT molecular complexity index is 755. The Labute approximate surface area is 117 Å². The van der Waals surface area contributed by atoms with Crippen molar-refractivity contribution in [2.24, 2.45) is 0 Å². The van der Waals surface area contributed by atoms with Crippen molar-refractivity contribution in [3.8, 4) is 0 Å². The molecule has 0 aromatic heterocycles. The third-order valence-electron chi connectivity index (χ3n) is 3.09. The van der Waals surface area contributed by atoms with E-state index in [9.17, 15) is 18.4 Å². The van der Waals surface area contributed by atoms with Gasteiger partial charge in [0.25, 0.3) is 0 Å². The van der Waals surface area contributed by atoms with E-state index in [0.717, 1.165) is 0 Å². The first-order valence-corrected chi connectivity index (χ1v) is 6.59. The quantitative estimate of drug-likeness (QED) is 0.691. The number of carbonyl (C=O) groups excluding carboxylic acids is 2. The first-order chi connectivity index (χ1) is 9.11. The molecule has 0 aliphatic heterocycles. The normalized spacial score (nSPS) is 14.1. The first kappa shape index (κ1) is 14.3. The van der Waals surface area contributed by atoms with Crippen molar-refractivity contribution in [2.75, 3.05) is 0 Å². The molecule has 0 fully saturated rings. The molecule has 3 rings (SSSR count). The molecule has 0 amide bonds. The summed E-state index contributed by atoms with van der Waals surface area (Å²) in [5, 5.41) is 0. The van der Waals surface area contributed by atoms with E-state index >= 15 is 0 Å². The fraction of sp³-hybridized carbons (Fsp3) is 0. The topological polar surface area (TPSA) is 111 Å². The summed E-state index contributed by atoms with van der Waals surface area (Å²) in [7, 11) is 0. The van der Waals surface area contributed by atoms with Gasteiger partial charge in [0.2, 0.25) is 0 Å². The molecule has 0 bridgehead atoms. The Morgan fingerprint density at radius 2 is 1.35 bits per heavy atom. The van der Waals surface area contributed by atoms with Crippen LogP contribution in [0.4, 0.5) is 0 Å². The van der Waals surface area contributed by atoms with Gasteiger partial charge in [0.05, 0.1) is 0 Å². The van der Waals surface area contributed by atoms with Crippen LogP contribution in [0.25, 0.3) is 0 Å². The Hall–Kier alpha value is -2.15. The Balaban J connectivity index is 0.00000147. The molecule has 5 nitrogen and oxygen atoms in total. The average Bonchev–Trinajstić information content (AvgIpc) is 2.44. The molecule has 0 spiro atoms. The molecule has 0 heterocycles. The summed E-state index contributed by atoms with van der Waals surface area (Å²) >= 11 is -2.55. The lowest BCUT2D eigenvalue weighted by molar-refractivity contribution is 0.0976. The monoisotopic (exact) mass is 289 g/mol. The van der Waals surface area contributed by atoms with E-state index in [1.165, 1.54) is 24.3 Å². The maximum Gasteiger partial charge on any atom is 0.195 e. The van der Waals surface area contributed by atoms with Crippen LogP contribution in [0.15, 0.2) is 47.4 Å². The Morgan fingerprint density at radius 3 is 1.95 bits per heavy atom. The van der Waals surface area contributed by atoms with Crippen molar-refractivity contribution < 1.29 is 18.4 Å². The summed E-state index contributed by atoms with van der Waals surface area (Å²) in [6.45, 7) is 0. The van der Waals surface area contributed by atoms with E-state index in [-0.39, 0.29) is 33.5 Å². The van der Waals surface area contributed by atoms with Crippen molar-refractivity contribution >= 4 is 22.6 Å². The van der Waals surface area contributed by atoms with Gasteiger partial charge in [0, 0.05) is 27.1 Å². The van der Waals surface area contributed by atoms with Gasteiger partial charge in [0.15, 0.2) is 11.6 Å². The number of hydrogen-bond acceptors (Lipinski definition) is 4. The summed E-state index contributed by atoms with van der Waals surface area (Å²) in [5.74, 6) is -0.748. The van der Waals surface area contributed by atoms with E-state index in [1.807, 2.05) is 0 Å². The van der Waals surface area contributed by atoms with Crippen LogP contribution in [0, 0.1) is 0 Å². The number of carbonyl (C=O) groups is 2.